The van der Waals surface area contributed by atoms with Crippen molar-refractivity contribution in [3.8, 4) is 0 Å². The summed E-state index contributed by atoms with van der Waals surface area (Å²) in [7, 11) is 0. The highest BCUT2D eigenvalue weighted by atomic mass is 16.2. The Kier molecular flexibility index (Phi) is 6.00. The summed E-state index contributed by atoms with van der Waals surface area (Å²) in [4.78, 5) is 30.9. The maximum atomic E-state index is 12.4. The van der Waals surface area contributed by atoms with E-state index in [0.717, 1.165) is 29.7 Å². The maximum Gasteiger partial charge on any atom is 0.251 e. The molecule has 0 bridgehead atoms. The lowest BCUT2D eigenvalue weighted by Crippen LogP contribution is -2.46. The summed E-state index contributed by atoms with van der Waals surface area (Å²) in [5, 5.41) is 3.11. The first-order valence-electron chi connectivity index (χ1n) is 9.17. The van der Waals surface area contributed by atoms with Crippen LogP contribution in [0.2, 0.25) is 0 Å². The van der Waals surface area contributed by atoms with E-state index in [0.29, 0.717) is 25.9 Å². The molecule has 1 saturated heterocycles. The van der Waals surface area contributed by atoms with E-state index in [1.165, 1.54) is 0 Å². The summed E-state index contributed by atoms with van der Waals surface area (Å²) in [5.41, 5.74) is 2.65. The number of nitrogens with zero attached hydrogens (tertiary/aromatic N) is 2. The third kappa shape index (κ3) is 4.69. The van der Waals surface area contributed by atoms with Gasteiger partial charge in [0.05, 0.1) is 0 Å². The first-order valence-corrected chi connectivity index (χ1v) is 9.17. The summed E-state index contributed by atoms with van der Waals surface area (Å²) >= 11 is 0. The first kappa shape index (κ1) is 18.1. The molecule has 2 amide bonds. The number of carbonyl (C=O) groups is 2. The topological polar surface area (TPSA) is 62.3 Å². The zero-order valence-corrected chi connectivity index (χ0v) is 15.1. The highest BCUT2D eigenvalue weighted by Crippen LogP contribution is 2.14. The molecule has 0 aliphatic carbocycles. The molecule has 0 saturated carbocycles. The molecule has 0 atom stereocenters. The van der Waals surface area contributed by atoms with Gasteiger partial charge >= 0.3 is 0 Å². The van der Waals surface area contributed by atoms with Gasteiger partial charge in [-0.3, -0.25) is 14.6 Å². The van der Waals surface area contributed by atoms with Crippen molar-refractivity contribution in [1.29, 1.82) is 0 Å². The van der Waals surface area contributed by atoms with Crippen molar-refractivity contribution < 1.29 is 9.59 Å². The number of piperidine rings is 1. The minimum atomic E-state index is -0.0250. The van der Waals surface area contributed by atoms with Crippen LogP contribution in [-0.4, -0.2) is 40.8 Å². The van der Waals surface area contributed by atoms with E-state index in [-0.39, 0.29) is 17.9 Å². The van der Waals surface area contributed by atoms with Crippen molar-refractivity contribution in [1.82, 2.24) is 15.2 Å². The largest absolute Gasteiger partial charge is 0.349 e. The third-order valence-corrected chi connectivity index (χ3v) is 4.89. The van der Waals surface area contributed by atoms with Gasteiger partial charge in [-0.1, -0.05) is 24.3 Å². The van der Waals surface area contributed by atoms with Crippen molar-refractivity contribution in [2.75, 3.05) is 13.1 Å². The molecular formula is C21H25N3O2. The maximum absolute atomic E-state index is 12.4. The molecule has 136 valence electrons. The molecule has 5 nitrogen and oxygen atoms in total. The van der Waals surface area contributed by atoms with Crippen LogP contribution in [0.15, 0.2) is 48.7 Å². The van der Waals surface area contributed by atoms with Crippen LogP contribution in [0.5, 0.6) is 0 Å². The molecule has 1 aromatic heterocycles. The molecule has 1 aromatic carbocycles. The second-order valence-electron chi connectivity index (χ2n) is 6.76. The number of likely N-dealkylation sites (tertiary alicyclic amines) is 1. The Morgan fingerprint density at radius 2 is 1.85 bits per heavy atom. The fraction of sp³-hybridized carbons (Fsp3) is 0.381. The van der Waals surface area contributed by atoms with E-state index in [2.05, 4.69) is 10.3 Å². The minimum Gasteiger partial charge on any atom is -0.349 e. The Labute approximate surface area is 154 Å². The van der Waals surface area contributed by atoms with Crippen molar-refractivity contribution >= 4 is 11.8 Å². The summed E-state index contributed by atoms with van der Waals surface area (Å²) in [5.74, 6) is 0.141. The first-order chi connectivity index (χ1) is 12.6. The predicted molar refractivity (Wildman–Crippen MR) is 101 cm³/mol. The van der Waals surface area contributed by atoms with Crippen LogP contribution in [0.3, 0.4) is 0 Å². The standard InChI is InChI=1S/C21H25N3O2/c1-16-6-2-3-8-19(16)21(26)23-18-11-14-24(15-12-18)20(25)10-9-17-7-4-5-13-22-17/h2-8,13,18H,9-12,14-15H2,1H3,(H,23,26). The van der Waals surface area contributed by atoms with Gasteiger partial charge in [0.25, 0.3) is 5.91 Å². The molecule has 1 aliphatic rings. The lowest BCUT2D eigenvalue weighted by Gasteiger charge is -2.32. The molecule has 0 unspecified atom stereocenters. The van der Waals surface area contributed by atoms with E-state index in [1.807, 2.05) is 54.3 Å². The van der Waals surface area contributed by atoms with Gasteiger partial charge in [-0.15, -0.1) is 0 Å². The number of aromatic nitrogens is 1. The quantitative estimate of drug-likeness (QED) is 0.901. The Balaban J connectivity index is 1.44. The summed E-state index contributed by atoms with van der Waals surface area (Å²) in [6.07, 6.45) is 4.50. The molecule has 2 aromatic rings. The molecule has 1 N–H and O–H groups in total. The Morgan fingerprint density at radius 3 is 2.54 bits per heavy atom. The monoisotopic (exact) mass is 351 g/mol. The van der Waals surface area contributed by atoms with E-state index in [4.69, 9.17) is 0 Å². The van der Waals surface area contributed by atoms with Gasteiger partial charge in [-0.05, 0) is 49.9 Å². The highest BCUT2D eigenvalue weighted by Gasteiger charge is 2.24. The Morgan fingerprint density at radius 1 is 1.12 bits per heavy atom. The van der Waals surface area contributed by atoms with Crippen LogP contribution in [0.25, 0.3) is 0 Å². The minimum absolute atomic E-state index is 0.0250. The zero-order chi connectivity index (χ0) is 18.4. The van der Waals surface area contributed by atoms with Gasteiger partial charge in [-0.25, -0.2) is 0 Å². The average molecular weight is 351 g/mol. The van der Waals surface area contributed by atoms with Crippen LogP contribution in [-0.2, 0) is 11.2 Å². The van der Waals surface area contributed by atoms with Crippen LogP contribution in [0.1, 0.15) is 40.9 Å². The summed E-state index contributed by atoms with van der Waals surface area (Å²) in [6, 6.07) is 13.5. The van der Waals surface area contributed by atoms with Gasteiger partial charge in [0.2, 0.25) is 5.91 Å². The SMILES string of the molecule is Cc1ccccc1C(=O)NC1CCN(C(=O)CCc2ccccn2)CC1. The number of benzene rings is 1. The van der Waals surface area contributed by atoms with Crippen LogP contribution >= 0.6 is 0 Å². The molecule has 0 spiro atoms. The smallest absolute Gasteiger partial charge is 0.251 e. The number of rotatable bonds is 5. The third-order valence-electron chi connectivity index (χ3n) is 4.89. The number of aryl methyl sites for hydroxylation is 2. The van der Waals surface area contributed by atoms with Crippen molar-refractivity contribution in [2.24, 2.45) is 0 Å². The molecule has 0 radical (unpaired) electrons. The molecule has 2 heterocycles. The van der Waals surface area contributed by atoms with E-state index >= 15 is 0 Å². The normalized spacial score (nSPS) is 14.9. The van der Waals surface area contributed by atoms with Gasteiger partial charge < -0.3 is 10.2 Å². The van der Waals surface area contributed by atoms with Crippen LogP contribution in [0.4, 0.5) is 0 Å². The van der Waals surface area contributed by atoms with E-state index in [1.54, 1.807) is 6.20 Å². The zero-order valence-electron chi connectivity index (χ0n) is 15.1. The lowest BCUT2D eigenvalue weighted by molar-refractivity contribution is -0.132. The van der Waals surface area contributed by atoms with E-state index < -0.39 is 0 Å². The fourth-order valence-electron chi connectivity index (χ4n) is 3.30. The van der Waals surface area contributed by atoms with E-state index in [9.17, 15) is 9.59 Å². The Hall–Kier alpha value is -2.69. The van der Waals surface area contributed by atoms with Gasteiger partial charge in [0, 0.05) is 43.0 Å². The number of nitrogens with one attached hydrogen (secondary N) is 1. The molecular weight excluding hydrogens is 326 g/mol. The number of hydrogen-bond donors (Lipinski definition) is 1. The van der Waals surface area contributed by atoms with Gasteiger partial charge in [0.15, 0.2) is 0 Å². The van der Waals surface area contributed by atoms with Crippen molar-refractivity contribution in [2.45, 2.75) is 38.6 Å². The summed E-state index contributed by atoms with van der Waals surface area (Å²) < 4.78 is 0. The fourth-order valence-corrected chi connectivity index (χ4v) is 3.30. The van der Waals surface area contributed by atoms with Crippen LogP contribution < -0.4 is 5.32 Å². The number of pyridine rings is 1. The number of amides is 2. The summed E-state index contributed by atoms with van der Waals surface area (Å²) in [6.45, 7) is 3.33. The molecule has 1 fully saturated rings. The number of hydrogen-bond acceptors (Lipinski definition) is 3. The van der Waals surface area contributed by atoms with Crippen LogP contribution in [0, 0.1) is 6.92 Å². The van der Waals surface area contributed by atoms with Crippen molar-refractivity contribution in [3.05, 3.63) is 65.5 Å². The predicted octanol–water partition coefficient (Wildman–Crippen LogP) is 2.74. The molecule has 3 rings (SSSR count). The molecule has 1 aliphatic heterocycles. The average Bonchev–Trinajstić information content (AvgIpc) is 2.68. The second kappa shape index (κ2) is 8.61. The molecule has 26 heavy (non-hydrogen) atoms. The van der Waals surface area contributed by atoms with Gasteiger partial charge in [-0.2, -0.15) is 0 Å². The molecule has 5 heteroatoms. The lowest BCUT2D eigenvalue weighted by atomic mass is 10.0. The Bertz CT molecular complexity index is 753. The highest BCUT2D eigenvalue weighted by molar-refractivity contribution is 5.95. The second-order valence-corrected chi connectivity index (χ2v) is 6.76. The number of carbonyl (C=O) groups excluding carboxylic acids is 2. The van der Waals surface area contributed by atoms with Crippen molar-refractivity contribution in [3.63, 3.8) is 0 Å². The van der Waals surface area contributed by atoms with Gasteiger partial charge in [0.1, 0.15) is 0 Å².